The number of ether oxygens (including phenoxy) is 1. The summed E-state index contributed by atoms with van der Waals surface area (Å²) in [6.07, 6.45) is 3.77. The second-order valence-corrected chi connectivity index (χ2v) is 7.82. The number of hydrogen-bond donors (Lipinski definition) is 1. The molecule has 118 valence electrons. The number of aliphatic hydroxyl groups excluding tert-OH is 1. The first-order valence-corrected chi connectivity index (χ1v) is 9.14. The van der Waals surface area contributed by atoms with Crippen LogP contribution in [0, 0.1) is 26.7 Å². The zero-order valence-corrected chi connectivity index (χ0v) is 14.1. The second kappa shape index (κ2) is 5.98. The van der Waals surface area contributed by atoms with Gasteiger partial charge in [-0.15, -0.1) is 0 Å². The van der Waals surface area contributed by atoms with Crippen LogP contribution < -0.4 is 0 Å². The Morgan fingerprint density at radius 2 is 1.90 bits per heavy atom. The number of aliphatic hydroxyl groups is 1. The van der Waals surface area contributed by atoms with Crippen molar-refractivity contribution in [2.45, 2.75) is 58.2 Å². The van der Waals surface area contributed by atoms with Gasteiger partial charge in [-0.05, 0) is 69.4 Å². The van der Waals surface area contributed by atoms with Gasteiger partial charge in [0, 0.05) is 12.2 Å². The quantitative estimate of drug-likeness (QED) is 0.899. The van der Waals surface area contributed by atoms with E-state index in [1.807, 2.05) is 25.6 Å². The summed E-state index contributed by atoms with van der Waals surface area (Å²) in [5.74, 6) is 4.46. The predicted octanol–water partition coefficient (Wildman–Crippen LogP) is 3.93. The predicted molar refractivity (Wildman–Crippen MR) is 85.8 cm³/mol. The molecule has 0 aliphatic carbocycles. The molecule has 21 heavy (non-hydrogen) atoms. The van der Waals surface area contributed by atoms with Gasteiger partial charge in [-0.1, -0.05) is 0 Å². The van der Waals surface area contributed by atoms with Gasteiger partial charge in [-0.25, -0.2) is 0 Å². The van der Waals surface area contributed by atoms with E-state index in [1.165, 1.54) is 11.5 Å². The number of furan rings is 1. The second-order valence-electron chi connectivity index (χ2n) is 6.59. The molecule has 0 amide bonds. The van der Waals surface area contributed by atoms with Crippen LogP contribution in [0.3, 0.4) is 0 Å². The summed E-state index contributed by atoms with van der Waals surface area (Å²) in [6.45, 7) is 6.77. The van der Waals surface area contributed by atoms with E-state index in [0.717, 1.165) is 54.9 Å². The molecule has 3 heterocycles. The van der Waals surface area contributed by atoms with Crippen molar-refractivity contribution in [3.05, 3.63) is 22.6 Å². The highest BCUT2D eigenvalue weighted by molar-refractivity contribution is 7.99. The lowest BCUT2D eigenvalue weighted by Crippen LogP contribution is -2.44. The minimum Gasteiger partial charge on any atom is -0.466 e. The lowest BCUT2D eigenvalue weighted by atomic mass is 9.77. The molecule has 2 aliphatic heterocycles. The van der Waals surface area contributed by atoms with Crippen molar-refractivity contribution in [1.82, 2.24) is 0 Å². The molecule has 0 radical (unpaired) electrons. The number of aryl methyl sites for hydroxylation is 2. The Morgan fingerprint density at radius 1 is 1.19 bits per heavy atom. The summed E-state index contributed by atoms with van der Waals surface area (Å²) in [4.78, 5) is 0. The SMILES string of the molecule is Cc1oc(C)c(C(O)C2CCOC3(CCSCC3)C2)c1C. The maximum absolute atomic E-state index is 10.9. The van der Waals surface area contributed by atoms with Crippen LogP contribution in [0.4, 0.5) is 0 Å². The molecule has 2 atom stereocenters. The summed E-state index contributed by atoms with van der Waals surface area (Å²) in [5, 5.41) is 10.9. The lowest BCUT2D eigenvalue weighted by molar-refractivity contribution is -0.121. The molecule has 0 aromatic carbocycles. The summed E-state index contributed by atoms with van der Waals surface area (Å²) in [7, 11) is 0. The minimum atomic E-state index is -0.419. The van der Waals surface area contributed by atoms with Crippen LogP contribution in [0.1, 0.15) is 54.4 Å². The first kappa shape index (κ1) is 15.4. The van der Waals surface area contributed by atoms with E-state index < -0.39 is 6.10 Å². The molecular weight excluding hydrogens is 284 g/mol. The largest absolute Gasteiger partial charge is 0.466 e. The number of thioether (sulfide) groups is 1. The molecular formula is C17H26O3S. The van der Waals surface area contributed by atoms with Crippen molar-refractivity contribution in [2.24, 2.45) is 5.92 Å². The Bertz CT molecular complexity index is 497. The lowest BCUT2D eigenvalue weighted by Gasteiger charge is -2.44. The van der Waals surface area contributed by atoms with Crippen molar-refractivity contribution in [2.75, 3.05) is 18.1 Å². The third-order valence-corrected chi connectivity index (χ3v) is 6.28. The Morgan fingerprint density at radius 3 is 2.52 bits per heavy atom. The van der Waals surface area contributed by atoms with Crippen LogP contribution in [-0.2, 0) is 4.74 Å². The van der Waals surface area contributed by atoms with Gasteiger partial charge in [0.1, 0.15) is 11.5 Å². The van der Waals surface area contributed by atoms with E-state index in [-0.39, 0.29) is 11.5 Å². The van der Waals surface area contributed by atoms with Gasteiger partial charge < -0.3 is 14.3 Å². The van der Waals surface area contributed by atoms with E-state index >= 15 is 0 Å². The molecule has 3 nitrogen and oxygen atoms in total. The normalized spacial score (nSPS) is 27.0. The number of hydrogen-bond acceptors (Lipinski definition) is 4. The zero-order valence-electron chi connectivity index (χ0n) is 13.3. The monoisotopic (exact) mass is 310 g/mol. The molecule has 2 fully saturated rings. The van der Waals surface area contributed by atoms with Crippen molar-refractivity contribution >= 4 is 11.8 Å². The summed E-state index contributed by atoms with van der Waals surface area (Å²) >= 11 is 2.02. The third-order valence-electron chi connectivity index (χ3n) is 5.29. The maximum atomic E-state index is 10.9. The van der Waals surface area contributed by atoms with Crippen molar-refractivity contribution in [1.29, 1.82) is 0 Å². The van der Waals surface area contributed by atoms with Gasteiger partial charge in [0.05, 0.1) is 11.7 Å². The molecule has 0 saturated carbocycles. The topological polar surface area (TPSA) is 42.6 Å². The average molecular weight is 310 g/mol. The Kier molecular flexibility index (Phi) is 4.40. The Labute approximate surface area is 131 Å². The number of rotatable bonds is 2. The fraction of sp³-hybridized carbons (Fsp3) is 0.765. The van der Waals surface area contributed by atoms with Crippen LogP contribution in [0.25, 0.3) is 0 Å². The van der Waals surface area contributed by atoms with Crippen LogP contribution in [-0.4, -0.2) is 28.8 Å². The van der Waals surface area contributed by atoms with Gasteiger partial charge in [-0.2, -0.15) is 11.8 Å². The van der Waals surface area contributed by atoms with Gasteiger partial charge >= 0.3 is 0 Å². The average Bonchev–Trinajstić information content (AvgIpc) is 2.72. The molecule has 2 saturated heterocycles. The van der Waals surface area contributed by atoms with Crippen molar-refractivity contribution < 1.29 is 14.3 Å². The fourth-order valence-corrected chi connectivity index (χ4v) is 5.14. The molecule has 0 bridgehead atoms. The highest BCUT2D eigenvalue weighted by Gasteiger charge is 2.41. The van der Waals surface area contributed by atoms with Gasteiger partial charge in [0.15, 0.2) is 0 Å². The Hall–Kier alpha value is -0.450. The van der Waals surface area contributed by atoms with Crippen LogP contribution in [0.5, 0.6) is 0 Å². The smallest absolute Gasteiger partial charge is 0.107 e. The van der Waals surface area contributed by atoms with Crippen LogP contribution >= 0.6 is 11.8 Å². The highest BCUT2D eigenvalue weighted by atomic mass is 32.2. The van der Waals surface area contributed by atoms with E-state index in [9.17, 15) is 5.11 Å². The van der Waals surface area contributed by atoms with Gasteiger partial charge in [0.2, 0.25) is 0 Å². The first-order valence-electron chi connectivity index (χ1n) is 7.99. The van der Waals surface area contributed by atoms with Crippen molar-refractivity contribution in [3.63, 3.8) is 0 Å². The molecule has 1 aromatic heterocycles. The van der Waals surface area contributed by atoms with Gasteiger partial charge in [-0.3, -0.25) is 0 Å². The maximum Gasteiger partial charge on any atom is 0.107 e. The summed E-state index contributed by atoms with van der Waals surface area (Å²) < 4.78 is 11.8. The molecule has 3 rings (SSSR count). The minimum absolute atomic E-state index is 0.0235. The fourth-order valence-electron chi connectivity index (χ4n) is 3.91. The molecule has 2 aliphatic rings. The van der Waals surface area contributed by atoms with E-state index in [2.05, 4.69) is 6.92 Å². The van der Waals surface area contributed by atoms with E-state index in [4.69, 9.17) is 9.15 Å². The highest BCUT2D eigenvalue weighted by Crippen LogP contribution is 2.44. The molecule has 1 aromatic rings. The van der Waals surface area contributed by atoms with Crippen LogP contribution in [0.2, 0.25) is 0 Å². The summed E-state index contributed by atoms with van der Waals surface area (Å²) in [5.41, 5.74) is 2.15. The standard InChI is InChI=1S/C17H26O3S/c1-11-12(2)20-13(3)15(11)16(18)14-4-7-19-17(10-14)5-8-21-9-6-17/h14,16,18H,4-10H2,1-3H3. The summed E-state index contributed by atoms with van der Waals surface area (Å²) in [6, 6.07) is 0. The first-order chi connectivity index (χ1) is 10.0. The van der Waals surface area contributed by atoms with Crippen molar-refractivity contribution in [3.8, 4) is 0 Å². The Balaban J connectivity index is 1.79. The van der Waals surface area contributed by atoms with E-state index in [1.54, 1.807) is 0 Å². The molecule has 4 heteroatoms. The third kappa shape index (κ3) is 2.90. The van der Waals surface area contributed by atoms with E-state index in [0.29, 0.717) is 0 Å². The van der Waals surface area contributed by atoms with Gasteiger partial charge in [0.25, 0.3) is 0 Å². The zero-order chi connectivity index (χ0) is 15.0. The van der Waals surface area contributed by atoms with Crippen LogP contribution in [0.15, 0.2) is 4.42 Å². The molecule has 1 spiro atoms. The molecule has 2 unspecified atom stereocenters. The molecule has 1 N–H and O–H groups in total.